The van der Waals surface area contributed by atoms with Crippen molar-refractivity contribution in [3.05, 3.63) is 45.9 Å². The number of hydrogen-bond donors (Lipinski definition) is 2. The van der Waals surface area contributed by atoms with Gasteiger partial charge in [-0.1, -0.05) is 0 Å². The van der Waals surface area contributed by atoms with Crippen LogP contribution >= 0.6 is 0 Å². The predicted octanol–water partition coefficient (Wildman–Crippen LogP) is 0.507. The molecule has 21 heavy (non-hydrogen) atoms. The fourth-order valence-corrected chi connectivity index (χ4v) is 1.71. The van der Waals surface area contributed by atoms with Crippen molar-refractivity contribution < 1.29 is 9.72 Å². The summed E-state index contributed by atoms with van der Waals surface area (Å²) in [4.78, 5) is 25.6. The molecule has 2 heterocycles. The molecule has 1 amide bonds. The molecule has 0 atom stereocenters. The van der Waals surface area contributed by atoms with Gasteiger partial charge in [0.15, 0.2) is 0 Å². The molecule has 2 rings (SSSR count). The molecule has 2 aromatic heterocycles. The lowest BCUT2D eigenvalue weighted by Crippen LogP contribution is -2.28. The summed E-state index contributed by atoms with van der Waals surface area (Å²) >= 11 is 0. The molecule has 0 saturated heterocycles. The number of aromatic nitrogens is 3. The van der Waals surface area contributed by atoms with E-state index in [1.165, 1.54) is 0 Å². The van der Waals surface area contributed by atoms with E-state index in [0.717, 1.165) is 17.8 Å². The Morgan fingerprint density at radius 1 is 1.52 bits per heavy atom. The highest BCUT2D eigenvalue weighted by atomic mass is 16.6. The van der Waals surface area contributed by atoms with Gasteiger partial charge in [0, 0.05) is 18.8 Å². The number of hydrogen-bond acceptors (Lipinski definition) is 6. The summed E-state index contributed by atoms with van der Waals surface area (Å²) in [6, 6.07) is 1.11. The Morgan fingerprint density at radius 3 is 2.90 bits per heavy atom. The maximum Gasteiger partial charge on any atom is 0.288 e. The van der Waals surface area contributed by atoms with E-state index >= 15 is 0 Å². The summed E-state index contributed by atoms with van der Waals surface area (Å²) in [7, 11) is 0. The summed E-state index contributed by atoms with van der Waals surface area (Å²) in [5.74, 6) is -0.555. The van der Waals surface area contributed by atoms with Gasteiger partial charge in [-0.3, -0.25) is 19.6 Å². The molecule has 9 heteroatoms. The lowest BCUT2D eigenvalue weighted by molar-refractivity contribution is -0.385. The van der Waals surface area contributed by atoms with E-state index in [4.69, 9.17) is 5.73 Å². The van der Waals surface area contributed by atoms with Crippen LogP contribution in [0, 0.1) is 17.0 Å². The van der Waals surface area contributed by atoms with Gasteiger partial charge in [-0.05, 0) is 12.5 Å². The van der Waals surface area contributed by atoms with Gasteiger partial charge in [0.05, 0.1) is 23.2 Å². The highest BCUT2D eigenvalue weighted by Crippen LogP contribution is 2.16. The minimum Gasteiger partial charge on any atom is -0.383 e. The Kier molecular flexibility index (Phi) is 4.12. The molecule has 3 N–H and O–H groups in total. The van der Waals surface area contributed by atoms with E-state index in [9.17, 15) is 14.9 Å². The number of carbonyl (C=O) groups excluding carboxylic acids is 1. The van der Waals surface area contributed by atoms with Crippen LogP contribution in [0.1, 0.15) is 15.9 Å². The molecule has 0 aliphatic rings. The monoisotopic (exact) mass is 290 g/mol. The molecule has 0 fully saturated rings. The highest BCUT2D eigenvalue weighted by molar-refractivity contribution is 5.98. The minimum absolute atomic E-state index is 0.0131. The molecule has 0 spiro atoms. The van der Waals surface area contributed by atoms with Gasteiger partial charge in [-0.25, -0.2) is 4.98 Å². The first-order chi connectivity index (χ1) is 9.97. The molecule has 0 bridgehead atoms. The van der Waals surface area contributed by atoms with Crippen molar-refractivity contribution >= 4 is 17.4 Å². The molecule has 2 aromatic rings. The zero-order valence-electron chi connectivity index (χ0n) is 11.3. The first-order valence-corrected chi connectivity index (χ1v) is 6.14. The van der Waals surface area contributed by atoms with Crippen LogP contribution in [0.5, 0.6) is 0 Å². The first-order valence-electron chi connectivity index (χ1n) is 6.14. The van der Waals surface area contributed by atoms with Gasteiger partial charge in [-0.15, -0.1) is 0 Å². The Hall–Kier alpha value is -2.97. The van der Waals surface area contributed by atoms with Crippen LogP contribution < -0.4 is 11.1 Å². The highest BCUT2D eigenvalue weighted by Gasteiger charge is 2.16. The predicted molar refractivity (Wildman–Crippen MR) is 74.6 cm³/mol. The van der Waals surface area contributed by atoms with Crippen LogP contribution in [0.4, 0.5) is 11.5 Å². The number of amides is 1. The topological polar surface area (TPSA) is 129 Å². The Balaban J connectivity index is 1.99. The molecule has 110 valence electrons. The average molecular weight is 290 g/mol. The number of nitrogens with two attached hydrogens (primary N) is 1. The Bertz CT molecular complexity index is 681. The first kappa shape index (κ1) is 14.4. The van der Waals surface area contributed by atoms with E-state index in [1.54, 1.807) is 10.9 Å². The molecule has 0 aliphatic heterocycles. The van der Waals surface area contributed by atoms with Crippen molar-refractivity contribution in [2.75, 3.05) is 12.3 Å². The number of pyridine rings is 1. The van der Waals surface area contributed by atoms with E-state index in [2.05, 4.69) is 15.4 Å². The Labute approximate surface area is 119 Å². The average Bonchev–Trinajstić information content (AvgIpc) is 2.84. The van der Waals surface area contributed by atoms with E-state index in [1.807, 2.05) is 13.1 Å². The second-order valence-corrected chi connectivity index (χ2v) is 4.42. The van der Waals surface area contributed by atoms with Gasteiger partial charge in [0.25, 0.3) is 11.6 Å². The summed E-state index contributed by atoms with van der Waals surface area (Å²) in [5, 5.41) is 17.4. The number of nitrogens with one attached hydrogen (secondary N) is 1. The maximum absolute atomic E-state index is 12.0. The lowest BCUT2D eigenvalue weighted by atomic mass is 10.2. The maximum atomic E-state index is 12.0. The lowest BCUT2D eigenvalue weighted by Gasteiger charge is -2.07. The van der Waals surface area contributed by atoms with Crippen LogP contribution in [-0.4, -0.2) is 32.1 Å². The third-order valence-corrected chi connectivity index (χ3v) is 2.75. The number of nitro groups is 1. The fourth-order valence-electron chi connectivity index (χ4n) is 1.71. The summed E-state index contributed by atoms with van der Waals surface area (Å²) in [6.07, 6.45) is 4.57. The summed E-state index contributed by atoms with van der Waals surface area (Å²) in [6.45, 7) is 2.72. The number of aryl methyl sites for hydroxylation is 1. The molecule has 0 radical (unpaired) electrons. The van der Waals surface area contributed by atoms with Crippen LogP contribution in [0.2, 0.25) is 0 Å². The molecule has 0 saturated carbocycles. The van der Waals surface area contributed by atoms with E-state index in [0.29, 0.717) is 13.1 Å². The number of anilines is 1. The van der Waals surface area contributed by atoms with Gasteiger partial charge in [0.1, 0.15) is 12.0 Å². The molecular weight excluding hydrogens is 276 g/mol. The van der Waals surface area contributed by atoms with Crippen LogP contribution in [-0.2, 0) is 6.54 Å². The number of nitrogens with zero attached hydrogens (tertiary/aromatic N) is 4. The van der Waals surface area contributed by atoms with Crippen molar-refractivity contribution in [1.29, 1.82) is 0 Å². The number of rotatable bonds is 5. The normalized spacial score (nSPS) is 10.3. The molecule has 0 unspecified atom stereocenters. The van der Waals surface area contributed by atoms with Gasteiger partial charge < -0.3 is 11.1 Å². The van der Waals surface area contributed by atoms with Crippen LogP contribution in [0.15, 0.2) is 24.7 Å². The fraction of sp³-hybridized carbons (Fsp3) is 0.250. The molecule has 0 aromatic carbocycles. The van der Waals surface area contributed by atoms with Crippen molar-refractivity contribution in [3.8, 4) is 0 Å². The molecular formula is C12H14N6O3. The third-order valence-electron chi connectivity index (χ3n) is 2.75. The van der Waals surface area contributed by atoms with Crippen molar-refractivity contribution in [2.24, 2.45) is 0 Å². The molecule has 0 aliphatic carbocycles. The van der Waals surface area contributed by atoms with Gasteiger partial charge in [-0.2, -0.15) is 5.10 Å². The summed E-state index contributed by atoms with van der Waals surface area (Å²) < 4.78 is 1.69. The third kappa shape index (κ3) is 3.53. The minimum atomic E-state index is -0.629. The number of carbonyl (C=O) groups is 1. The van der Waals surface area contributed by atoms with Crippen LogP contribution in [0.3, 0.4) is 0 Å². The smallest absolute Gasteiger partial charge is 0.288 e. The zero-order chi connectivity index (χ0) is 15.4. The summed E-state index contributed by atoms with van der Waals surface area (Å²) in [5.41, 5.74) is 6.29. The number of nitrogen functional groups attached to an aromatic ring is 1. The van der Waals surface area contributed by atoms with Gasteiger partial charge in [0.2, 0.25) is 0 Å². The van der Waals surface area contributed by atoms with Crippen molar-refractivity contribution in [1.82, 2.24) is 20.1 Å². The van der Waals surface area contributed by atoms with Crippen molar-refractivity contribution in [3.63, 3.8) is 0 Å². The van der Waals surface area contributed by atoms with Crippen molar-refractivity contribution in [2.45, 2.75) is 13.5 Å². The Morgan fingerprint density at radius 2 is 2.29 bits per heavy atom. The second-order valence-electron chi connectivity index (χ2n) is 4.42. The molecule has 9 nitrogen and oxygen atoms in total. The van der Waals surface area contributed by atoms with E-state index < -0.39 is 10.8 Å². The van der Waals surface area contributed by atoms with E-state index in [-0.39, 0.29) is 17.1 Å². The zero-order valence-corrected chi connectivity index (χ0v) is 11.3. The largest absolute Gasteiger partial charge is 0.383 e. The van der Waals surface area contributed by atoms with Crippen LogP contribution in [0.25, 0.3) is 0 Å². The quantitative estimate of drug-likeness (QED) is 0.609. The standard InChI is InChI=1S/C12H14N6O3/c1-8-5-16-17(7-8)3-2-14-12(19)10-4-9(18(20)21)6-15-11(10)13/h4-7H,2-3H2,1H3,(H2,13,15)(H,14,19). The van der Waals surface area contributed by atoms with Gasteiger partial charge >= 0.3 is 0 Å². The SMILES string of the molecule is Cc1cnn(CCNC(=O)c2cc([N+](=O)[O-])cnc2N)c1. The second kappa shape index (κ2) is 5.99.